The highest BCUT2D eigenvalue weighted by Gasteiger charge is 2.13. The molecule has 2 heterocycles. The number of nitrogens with zero attached hydrogens (tertiary/aromatic N) is 5. The summed E-state index contributed by atoms with van der Waals surface area (Å²) in [6.07, 6.45) is 2.93. The van der Waals surface area contributed by atoms with Crippen LogP contribution in [0.15, 0.2) is 24.5 Å². The van der Waals surface area contributed by atoms with Gasteiger partial charge in [-0.3, -0.25) is 4.68 Å². The fourth-order valence-electron chi connectivity index (χ4n) is 2.40. The van der Waals surface area contributed by atoms with Crippen molar-refractivity contribution in [1.29, 1.82) is 0 Å². The second-order valence-corrected chi connectivity index (χ2v) is 5.19. The fraction of sp³-hybridized carbons (Fsp3) is 0.357. The van der Waals surface area contributed by atoms with Crippen LogP contribution in [0.2, 0.25) is 0 Å². The minimum atomic E-state index is -0.307. The van der Waals surface area contributed by atoms with Gasteiger partial charge in [0, 0.05) is 32.3 Å². The van der Waals surface area contributed by atoms with Crippen LogP contribution in [0.3, 0.4) is 0 Å². The van der Waals surface area contributed by atoms with Gasteiger partial charge in [-0.25, -0.2) is 14.4 Å². The summed E-state index contributed by atoms with van der Waals surface area (Å²) in [6.45, 7) is 0.649. The van der Waals surface area contributed by atoms with Crippen LogP contribution >= 0.6 is 11.6 Å². The molecule has 0 aliphatic rings. The fourth-order valence-corrected chi connectivity index (χ4v) is 2.57. The van der Waals surface area contributed by atoms with Crippen molar-refractivity contribution in [2.45, 2.75) is 19.4 Å². The molecule has 1 aromatic carbocycles. The van der Waals surface area contributed by atoms with Crippen LogP contribution in [0.1, 0.15) is 11.6 Å². The number of fused-ring (bicyclic) bond motifs is 1. The van der Waals surface area contributed by atoms with Gasteiger partial charge < -0.3 is 4.57 Å². The molecule has 0 amide bonds. The molecule has 2 aromatic heterocycles. The third-order valence-corrected chi connectivity index (χ3v) is 3.52. The lowest BCUT2D eigenvalue weighted by molar-refractivity contribution is 0.637. The highest BCUT2D eigenvalue weighted by Crippen LogP contribution is 2.20. The lowest BCUT2D eigenvalue weighted by atomic mass is 10.3. The topological polar surface area (TPSA) is 48.5 Å². The van der Waals surface area contributed by atoms with Gasteiger partial charge >= 0.3 is 0 Å². The smallest absolute Gasteiger partial charge is 0.152 e. The molecule has 3 aromatic rings. The van der Waals surface area contributed by atoms with E-state index in [1.165, 1.54) is 6.07 Å². The quantitative estimate of drug-likeness (QED) is 0.680. The number of alkyl halides is 1. The summed E-state index contributed by atoms with van der Waals surface area (Å²) >= 11 is 5.82. The molecule has 0 radical (unpaired) electrons. The summed E-state index contributed by atoms with van der Waals surface area (Å²) in [5.41, 5.74) is 1.18. The van der Waals surface area contributed by atoms with Crippen LogP contribution in [-0.4, -0.2) is 30.2 Å². The Morgan fingerprint density at radius 1 is 1.29 bits per heavy atom. The molecule has 0 saturated heterocycles. The largest absolute Gasteiger partial charge is 0.327 e. The van der Waals surface area contributed by atoms with Gasteiger partial charge in [0.15, 0.2) is 11.6 Å². The van der Waals surface area contributed by atoms with E-state index in [-0.39, 0.29) is 5.82 Å². The standard InChI is InChI=1S/C14H15ClFN5/c1-20-9-17-12(19-20)6-8-21-11-4-2-3-10(16)14(11)18-13(21)5-7-15/h2-4,9H,5-8H2,1H3. The number of hydrogen-bond acceptors (Lipinski definition) is 3. The Kier molecular flexibility index (Phi) is 3.88. The van der Waals surface area contributed by atoms with Crippen LogP contribution in [0.5, 0.6) is 0 Å². The van der Waals surface area contributed by atoms with E-state index >= 15 is 0 Å². The van der Waals surface area contributed by atoms with E-state index < -0.39 is 0 Å². The van der Waals surface area contributed by atoms with Gasteiger partial charge in [0.05, 0.1) is 5.52 Å². The molecule has 0 N–H and O–H groups in total. The lowest BCUT2D eigenvalue weighted by Crippen LogP contribution is -2.08. The Hall–Kier alpha value is -1.95. The average Bonchev–Trinajstić information content (AvgIpc) is 3.02. The van der Waals surface area contributed by atoms with Crippen LogP contribution in [-0.2, 0) is 26.4 Å². The van der Waals surface area contributed by atoms with E-state index in [1.807, 2.05) is 17.7 Å². The monoisotopic (exact) mass is 307 g/mol. The highest BCUT2D eigenvalue weighted by molar-refractivity contribution is 6.17. The first-order valence-electron chi connectivity index (χ1n) is 6.73. The molecule has 5 nitrogen and oxygen atoms in total. The number of imidazole rings is 1. The number of aromatic nitrogens is 5. The Bertz CT molecular complexity index is 764. The van der Waals surface area contributed by atoms with Crippen LogP contribution < -0.4 is 0 Å². The van der Waals surface area contributed by atoms with Gasteiger partial charge in [0.1, 0.15) is 17.7 Å². The Balaban J connectivity index is 1.95. The zero-order chi connectivity index (χ0) is 14.8. The molecule has 0 fully saturated rings. The maximum atomic E-state index is 13.8. The van der Waals surface area contributed by atoms with Crippen molar-refractivity contribution in [2.75, 3.05) is 5.88 Å². The van der Waals surface area contributed by atoms with Gasteiger partial charge in [-0.05, 0) is 12.1 Å². The first-order chi connectivity index (χ1) is 10.2. The van der Waals surface area contributed by atoms with Crippen molar-refractivity contribution in [2.24, 2.45) is 7.05 Å². The Morgan fingerprint density at radius 2 is 2.14 bits per heavy atom. The number of para-hydroxylation sites is 1. The number of benzene rings is 1. The lowest BCUT2D eigenvalue weighted by Gasteiger charge is -2.07. The average molecular weight is 308 g/mol. The van der Waals surface area contributed by atoms with Gasteiger partial charge in [0.2, 0.25) is 0 Å². The van der Waals surface area contributed by atoms with E-state index in [9.17, 15) is 4.39 Å². The maximum absolute atomic E-state index is 13.8. The summed E-state index contributed by atoms with van der Waals surface area (Å²) in [5.74, 6) is 1.69. The molecule has 0 aliphatic heterocycles. The summed E-state index contributed by atoms with van der Waals surface area (Å²) in [4.78, 5) is 8.58. The normalized spacial score (nSPS) is 11.4. The van der Waals surface area contributed by atoms with Gasteiger partial charge in [-0.15, -0.1) is 11.6 Å². The number of rotatable bonds is 5. The summed E-state index contributed by atoms with van der Waals surface area (Å²) in [7, 11) is 1.83. The molecule has 0 bridgehead atoms. The molecule has 0 unspecified atom stereocenters. The number of halogens is 2. The predicted octanol–water partition coefficient (Wildman–Crippen LogP) is 2.33. The number of aryl methyl sites for hydroxylation is 4. The second-order valence-electron chi connectivity index (χ2n) is 4.81. The molecule has 21 heavy (non-hydrogen) atoms. The molecule has 0 spiro atoms. The minimum Gasteiger partial charge on any atom is -0.327 e. The Morgan fingerprint density at radius 3 is 2.86 bits per heavy atom. The SMILES string of the molecule is Cn1cnc(CCn2c(CCCl)nc3c(F)cccc32)n1. The van der Waals surface area contributed by atoms with Gasteiger partial charge in [-0.2, -0.15) is 5.10 Å². The van der Waals surface area contributed by atoms with Gasteiger partial charge in [-0.1, -0.05) is 6.07 Å². The third kappa shape index (κ3) is 2.76. The van der Waals surface area contributed by atoms with Crippen molar-refractivity contribution in [3.8, 4) is 0 Å². The van der Waals surface area contributed by atoms with Crippen LogP contribution in [0.4, 0.5) is 4.39 Å². The molecule has 7 heteroatoms. The minimum absolute atomic E-state index is 0.307. The second kappa shape index (κ2) is 5.81. The summed E-state index contributed by atoms with van der Waals surface area (Å²) < 4.78 is 17.5. The van der Waals surface area contributed by atoms with Crippen molar-refractivity contribution >= 4 is 22.6 Å². The van der Waals surface area contributed by atoms with E-state index in [2.05, 4.69) is 15.1 Å². The third-order valence-electron chi connectivity index (χ3n) is 3.33. The van der Waals surface area contributed by atoms with E-state index in [0.29, 0.717) is 30.8 Å². The first-order valence-corrected chi connectivity index (χ1v) is 7.26. The number of hydrogen-bond donors (Lipinski definition) is 0. The van der Waals surface area contributed by atoms with E-state index in [4.69, 9.17) is 11.6 Å². The molecule has 3 rings (SSSR count). The molecular weight excluding hydrogens is 293 g/mol. The maximum Gasteiger partial charge on any atom is 0.152 e. The first kappa shape index (κ1) is 14.0. The zero-order valence-electron chi connectivity index (χ0n) is 11.6. The van der Waals surface area contributed by atoms with Crippen LogP contribution in [0, 0.1) is 5.82 Å². The molecule has 0 saturated carbocycles. The summed E-state index contributed by atoms with van der Waals surface area (Å²) in [5, 5.41) is 4.26. The van der Waals surface area contributed by atoms with Crippen LogP contribution in [0.25, 0.3) is 11.0 Å². The molecular formula is C14H15ClFN5. The highest BCUT2D eigenvalue weighted by atomic mass is 35.5. The molecule has 0 atom stereocenters. The predicted molar refractivity (Wildman–Crippen MR) is 78.8 cm³/mol. The van der Waals surface area contributed by atoms with Crippen molar-refractivity contribution in [3.05, 3.63) is 42.0 Å². The van der Waals surface area contributed by atoms with Gasteiger partial charge in [0.25, 0.3) is 0 Å². The van der Waals surface area contributed by atoms with Crippen molar-refractivity contribution < 1.29 is 4.39 Å². The Labute approximate surface area is 126 Å². The zero-order valence-corrected chi connectivity index (χ0v) is 12.4. The molecule has 110 valence electrons. The summed E-state index contributed by atoms with van der Waals surface area (Å²) in [6, 6.07) is 4.98. The van der Waals surface area contributed by atoms with E-state index in [0.717, 1.165) is 17.2 Å². The molecule has 0 aliphatic carbocycles. The van der Waals surface area contributed by atoms with Crippen molar-refractivity contribution in [3.63, 3.8) is 0 Å². The van der Waals surface area contributed by atoms with Crippen molar-refractivity contribution in [1.82, 2.24) is 24.3 Å². The van der Waals surface area contributed by atoms with E-state index in [1.54, 1.807) is 17.1 Å².